The fourth-order valence-corrected chi connectivity index (χ4v) is 0. The molecule has 0 aromatic rings. The van der Waals surface area contributed by atoms with Gasteiger partial charge in [-0.15, -0.1) is 10.1 Å². The second-order valence-corrected chi connectivity index (χ2v) is 0.238. The largest absolute Gasteiger partial charge is 1.00 e. The van der Waals surface area contributed by atoms with E-state index in [-0.39, 0.29) is 33.3 Å². The van der Waals surface area contributed by atoms with E-state index in [1.165, 1.54) is 0 Å². The average molecular weight is 280 g/mol. The van der Waals surface area contributed by atoms with Gasteiger partial charge in [-0.2, -0.15) is 0 Å². The molecule has 42 valence electrons. The maximum absolute atomic E-state index is 8.36. The summed E-state index contributed by atoms with van der Waals surface area (Å²) in [5.41, 5.74) is 0. The van der Waals surface area contributed by atoms with Gasteiger partial charge in [0.25, 0.3) is 5.09 Å². The van der Waals surface area contributed by atoms with Crippen LogP contribution in [0, 0.1) is 10.1 Å². The molecular formula is H9BiNO3-5. The number of nitrogens with zero attached hydrogens (tertiary/aromatic N) is 1. The van der Waals surface area contributed by atoms with Crippen LogP contribution in [-0.2, 0) is 0 Å². The summed E-state index contributed by atoms with van der Waals surface area (Å²) in [7, 11) is 0. The van der Waals surface area contributed by atoms with Crippen molar-refractivity contribution in [3.63, 3.8) is 0 Å². The molecule has 0 aliphatic rings. The van der Waals surface area contributed by atoms with Crippen LogP contribution in [0.2, 0.25) is 0 Å². The monoisotopic (exact) mass is 280 g/mol. The molecule has 0 aromatic heterocycles. The van der Waals surface area contributed by atoms with Gasteiger partial charge in [0, 0.05) is 0 Å². The molecule has 0 aromatic carbocycles. The molecule has 0 saturated carbocycles. The average Bonchev–Trinajstić information content (AvgIpc) is 0.811. The minimum absolute atomic E-state index is 0. The molecule has 0 spiro atoms. The zero-order chi connectivity index (χ0) is 3.58. The Bertz CT molecular complexity index is 39.9. The van der Waals surface area contributed by atoms with Crippen molar-refractivity contribution in [3.05, 3.63) is 10.1 Å². The second-order valence-electron chi connectivity index (χ2n) is 0.238. The van der Waals surface area contributed by atoms with Crippen molar-refractivity contribution in [2.24, 2.45) is 0 Å². The zero-order valence-electron chi connectivity index (χ0n) is 7.42. The second kappa shape index (κ2) is 4.08. The Morgan fingerprint density at radius 2 is 2.00 bits per heavy atom. The standard InChI is InChI=1S/Bi.HNO3.8H/c;2-1(3)4;;;;;;;;/h;(H,2,3,4);;;;;;;;/q;;;;;5*-1. The minimum Gasteiger partial charge on any atom is -1.00 e. The molecule has 0 bridgehead atoms. The molecular weight excluding hydrogens is 271 g/mol. The molecule has 0 radical (unpaired) electrons. The SMILES string of the molecule is O=[N+]([O-])O.[BiH3].[H-].[H-].[H-].[H-].[H-]. The fourth-order valence-electron chi connectivity index (χ4n) is 0. The van der Waals surface area contributed by atoms with Crippen LogP contribution >= 0.6 is 0 Å². The summed E-state index contributed by atoms with van der Waals surface area (Å²) in [5.74, 6) is 0. The molecule has 5 heteroatoms. The maximum Gasteiger partial charge on any atom is -1.00 e. The van der Waals surface area contributed by atoms with Gasteiger partial charge in [0.1, 0.15) is 0 Å². The van der Waals surface area contributed by atoms with E-state index in [1.807, 2.05) is 0 Å². The number of hydrogen-bond donors (Lipinski definition) is 1. The summed E-state index contributed by atoms with van der Waals surface area (Å²) in [5, 5.41) is 13.6. The van der Waals surface area contributed by atoms with Crippen LogP contribution in [0.4, 0.5) is 0 Å². The molecule has 0 saturated heterocycles. The van der Waals surface area contributed by atoms with E-state index in [2.05, 4.69) is 0 Å². The van der Waals surface area contributed by atoms with E-state index in [0.717, 1.165) is 0 Å². The molecule has 4 nitrogen and oxygen atoms in total. The third kappa shape index (κ3) is 2560. The van der Waals surface area contributed by atoms with E-state index >= 15 is 0 Å². The molecule has 0 amide bonds. The van der Waals surface area contributed by atoms with Crippen molar-refractivity contribution in [1.82, 2.24) is 0 Å². The van der Waals surface area contributed by atoms with Crippen LogP contribution in [0.25, 0.3) is 0 Å². The van der Waals surface area contributed by atoms with Gasteiger partial charge >= 0.3 is 26.2 Å². The maximum atomic E-state index is 8.36. The van der Waals surface area contributed by atoms with Gasteiger partial charge in [-0.25, -0.2) is 0 Å². The zero-order valence-corrected chi connectivity index (χ0v) is 7.92. The molecule has 0 unspecified atom stereocenters. The van der Waals surface area contributed by atoms with Crippen LogP contribution in [0.5, 0.6) is 0 Å². The van der Waals surface area contributed by atoms with Crippen molar-refractivity contribution < 1.29 is 17.4 Å². The molecule has 0 rings (SSSR count). The van der Waals surface area contributed by atoms with E-state index in [1.54, 1.807) is 0 Å². The van der Waals surface area contributed by atoms with E-state index < -0.39 is 5.09 Å². The Balaban J connectivity index is -0.00000000300. The van der Waals surface area contributed by atoms with Gasteiger partial charge in [0.2, 0.25) is 0 Å². The van der Waals surface area contributed by atoms with Gasteiger partial charge in [-0.3, -0.25) is 0 Å². The molecule has 0 heterocycles. The van der Waals surface area contributed by atoms with Crippen LogP contribution in [0.15, 0.2) is 0 Å². The normalized spacial score (nSPS) is 4.80. The van der Waals surface area contributed by atoms with Crippen LogP contribution in [-0.4, -0.2) is 36.5 Å². The van der Waals surface area contributed by atoms with Crippen molar-refractivity contribution >= 4 is 26.2 Å². The van der Waals surface area contributed by atoms with Crippen molar-refractivity contribution in [2.45, 2.75) is 0 Å². The van der Waals surface area contributed by atoms with Crippen LogP contribution in [0.1, 0.15) is 7.13 Å². The van der Waals surface area contributed by atoms with Gasteiger partial charge in [-0.1, -0.05) is 0 Å². The minimum atomic E-state index is -1.50. The molecule has 0 aliphatic carbocycles. The Hall–Kier alpha value is 0.0831. The first kappa shape index (κ1) is 8.92. The summed E-state index contributed by atoms with van der Waals surface area (Å²) >= 11 is 0. The molecule has 0 atom stereocenters. The predicted molar refractivity (Wildman–Crippen MR) is 24.3 cm³/mol. The van der Waals surface area contributed by atoms with Crippen LogP contribution < -0.4 is 0 Å². The Morgan fingerprint density at radius 1 is 2.00 bits per heavy atom. The first-order valence-electron chi connectivity index (χ1n) is 0.565. The fraction of sp³-hybridized carbons (Fsp3) is 0. The Labute approximate surface area is 54.4 Å². The molecule has 1 N–H and O–H groups in total. The summed E-state index contributed by atoms with van der Waals surface area (Å²) in [4.78, 5) is 8.36. The smallest absolute Gasteiger partial charge is 1.00 e. The quantitative estimate of drug-likeness (QED) is 0.353. The summed E-state index contributed by atoms with van der Waals surface area (Å²) < 4.78 is 0. The van der Waals surface area contributed by atoms with Crippen molar-refractivity contribution in [1.29, 1.82) is 0 Å². The van der Waals surface area contributed by atoms with Gasteiger partial charge in [0.05, 0.1) is 0 Å². The van der Waals surface area contributed by atoms with E-state index in [4.69, 9.17) is 15.3 Å². The van der Waals surface area contributed by atoms with E-state index in [0.29, 0.717) is 0 Å². The molecule has 5 heavy (non-hydrogen) atoms. The van der Waals surface area contributed by atoms with E-state index in [9.17, 15) is 0 Å². The molecule has 0 aliphatic heterocycles. The topological polar surface area (TPSA) is 63.4 Å². The van der Waals surface area contributed by atoms with Crippen molar-refractivity contribution in [2.75, 3.05) is 0 Å². The summed E-state index contributed by atoms with van der Waals surface area (Å²) in [6.07, 6.45) is 0. The number of rotatable bonds is 0. The summed E-state index contributed by atoms with van der Waals surface area (Å²) in [6, 6.07) is 0. The number of hydrogen-bond acceptors (Lipinski definition) is 2. The van der Waals surface area contributed by atoms with Gasteiger partial charge < -0.3 is 12.3 Å². The van der Waals surface area contributed by atoms with Crippen LogP contribution in [0.3, 0.4) is 0 Å². The third-order valence-electron chi connectivity index (χ3n) is 0. The summed E-state index contributed by atoms with van der Waals surface area (Å²) in [6.45, 7) is 0. The predicted octanol–water partition coefficient (Wildman–Crippen LogP) is -0.969. The Kier molecular flexibility index (Phi) is 7.28. The molecule has 0 fully saturated rings. The first-order chi connectivity index (χ1) is 1.73. The first-order valence-corrected chi connectivity index (χ1v) is 0.565. The van der Waals surface area contributed by atoms with Crippen molar-refractivity contribution in [3.8, 4) is 0 Å². The third-order valence-corrected chi connectivity index (χ3v) is 0. The van der Waals surface area contributed by atoms with Gasteiger partial charge in [0.15, 0.2) is 0 Å². The Morgan fingerprint density at radius 3 is 2.00 bits per heavy atom. The van der Waals surface area contributed by atoms with Gasteiger partial charge in [-0.05, 0) is 0 Å².